The number of carbonyl (C=O) groups excluding carboxylic acids is 2. The summed E-state index contributed by atoms with van der Waals surface area (Å²) in [7, 11) is -3.11. The van der Waals surface area contributed by atoms with E-state index in [1.54, 1.807) is 11.0 Å². The number of esters is 1. The molecule has 0 spiro atoms. The molecule has 0 aliphatic heterocycles. The van der Waals surface area contributed by atoms with Crippen LogP contribution in [-0.2, 0) is 20.1 Å². The van der Waals surface area contributed by atoms with E-state index >= 15 is 0 Å². The SMILES string of the molecule is CCCN(CCCC(=O)OC(C)(C)C)C(=O)c1ccccc1-c1c(-c2nc3ccccc3s2)c(=O)oc2cc(N(CC)CC)ccc12.O=S(=O)=O. The van der Waals surface area contributed by atoms with Crippen molar-refractivity contribution in [1.29, 1.82) is 0 Å². The first-order valence-corrected chi connectivity index (χ1v) is 18.7. The summed E-state index contributed by atoms with van der Waals surface area (Å²) in [5.74, 6) is -0.447. The van der Waals surface area contributed by atoms with Crippen LogP contribution in [0.25, 0.3) is 42.9 Å². The largest absolute Gasteiger partial charge is 0.460 e. The number of aromatic nitrogens is 1. The highest BCUT2D eigenvalue weighted by Crippen LogP contribution is 2.41. The highest BCUT2D eigenvalue weighted by atomic mass is 32.2. The fourth-order valence-corrected chi connectivity index (χ4v) is 6.88. The van der Waals surface area contributed by atoms with Gasteiger partial charge in [-0.15, -0.1) is 24.0 Å². The monoisotopic (exact) mass is 733 g/mol. The zero-order valence-corrected chi connectivity index (χ0v) is 31.4. The Bertz CT molecular complexity index is 2140. The highest BCUT2D eigenvalue weighted by Gasteiger charge is 2.27. The molecule has 0 aliphatic carbocycles. The van der Waals surface area contributed by atoms with Crippen LogP contribution in [0.3, 0.4) is 0 Å². The number of ether oxygens (including phenoxy) is 1. The van der Waals surface area contributed by atoms with Crippen molar-refractivity contribution in [3.8, 4) is 21.7 Å². The maximum Gasteiger partial charge on any atom is 0.425 e. The van der Waals surface area contributed by atoms with Crippen molar-refractivity contribution in [3.63, 3.8) is 0 Å². The van der Waals surface area contributed by atoms with Gasteiger partial charge in [0, 0.05) is 60.9 Å². The average Bonchev–Trinajstić information content (AvgIpc) is 3.50. The van der Waals surface area contributed by atoms with Gasteiger partial charge in [-0.3, -0.25) is 9.59 Å². The molecule has 5 aromatic rings. The first-order chi connectivity index (χ1) is 24.3. The Morgan fingerprint density at radius 3 is 2.22 bits per heavy atom. The van der Waals surface area contributed by atoms with Crippen molar-refractivity contribution in [1.82, 2.24) is 9.88 Å². The molecule has 2 aromatic heterocycles. The van der Waals surface area contributed by atoms with Crippen molar-refractivity contribution in [2.75, 3.05) is 31.1 Å². The molecule has 270 valence electrons. The average molecular weight is 734 g/mol. The highest BCUT2D eigenvalue weighted by molar-refractivity contribution is 7.59. The van der Waals surface area contributed by atoms with Gasteiger partial charge in [0.25, 0.3) is 5.91 Å². The number of carbonyl (C=O) groups is 2. The number of hydrogen-bond acceptors (Lipinski definition) is 11. The Morgan fingerprint density at radius 1 is 0.902 bits per heavy atom. The van der Waals surface area contributed by atoms with Gasteiger partial charge < -0.3 is 19.0 Å². The van der Waals surface area contributed by atoms with Crippen molar-refractivity contribution in [2.24, 2.45) is 0 Å². The molecule has 0 saturated carbocycles. The van der Waals surface area contributed by atoms with Crippen LogP contribution < -0.4 is 10.5 Å². The molecule has 13 heteroatoms. The predicted molar refractivity (Wildman–Crippen MR) is 201 cm³/mol. The number of benzene rings is 3. The minimum atomic E-state index is -3.11. The molecule has 3 aromatic carbocycles. The van der Waals surface area contributed by atoms with E-state index in [0.717, 1.165) is 40.8 Å². The zero-order chi connectivity index (χ0) is 37.3. The second kappa shape index (κ2) is 17.4. The van der Waals surface area contributed by atoms with Crippen LogP contribution in [0.15, 0.2) is 75.9 Å². The molecule has 0 fully saturated rings. The zero-order valence-electron chi connectivity index (χ0n) is 29.7. The summed E-state index contributed by atoms with van der Waals surface area (Å²) in [5.41, 5.74) is 3.18. The summed E-state index contributed by atoms with van der Waals surface area (Å²) >= 11 is 1.42. The molecule has 1 amide bonds. The number of hydrogen-bond donors (Lipinski definition) is 0. The molecule has 2 heterocycles. The molecular formula is C38H43N3O8S2. The van der Waals surface area contributed by atoms with Crippen LogP contribution >= 0.6 is 11.3 Å². The smallest absolute Gasteiger partial charge is 0.425 e. The summed E-state index contributed by atoms with van der Waals surface area (Å²) in [4.78, 5) is 49.6. The molecule has 0 aliphatic rings. The van der Waals surface area contributed by atoms with Crippen LogP contribution in [-0.4, -0.2) is 66.2 Å². The molecule has 5 rings (SSSR count). The van der Waals surface area contributed by atoms with Crippen LogP contribution in [0.4, 0.5) is 5.69 Å². The Morgan fingerprint density at radius 2 is 1.57 bits per heavy atom. The van der Waals surface area contributed by atoms with Crippen molar-refractivity contribution in [2.45, 2.75) is 66.4 Å². The van der Waals surface area contributed by atoms with Gasteiger partial charge in [0.1, 0.15) is 21.8 Å². The van der Waals surface area contributed by atoms with Crippen LogP contribution in [0.1, 0.15) is 71.2 Å². The maximum atomic E-state index is 14.4. The molecule has 0 unspecified atom stereocenters. The van der Waals surface area contributed by atoms with E-state index in [0.29, 0.717) is 52.4 Å². The lowest BCUT2D eigenvalue weighted by Crippen LogP contribution is -2.33. The predicted octanol–water partition coefficient (Wildman–Crippen LogP) is 7.55. The van der Waals surface area contributed by atoms with Gasteiger partial charge in [0.15, 0.2) is 0 Å². The Balaban J connectivity index is 0.00000138. The fourth-order valence-electron chi connectivity index (χ4n) is 5.88. The number of nitrogens with zero attached hydrogens (tertiary/aromatic N) is 3. The van der Waals surface area contributed by atoms with Crippen LogP contribution in [0.5, 0.6) is 0 Å². The molecule has 0 saturated heterocycles. The third-order valence-electron chi connectivity index (χ3n) is 7.96. The fraction of sp³-hybridized carbons (Fsp3) is 0.368. The van der Waals surface area contributed by atoms with Gasteiger partial charge in [-0.25, -0.2) is 9.78 Å². The van der Waals surface area contributed by atoms with E-state index in [1.165, 1.54) is 11.3 Å². The van der Waals surface area contributed by atoms with E-state index < -0.39 is 21.8 Å². The molecule has 0 bridgehead atoms. The quantitative estimate of drug-likeness (QED) is 0.0931. The third kappa shape index (κ3) is 9.89. The first-order valence-electron chi connectivity index (χ1n) is 16.9. The van der Waals surface area contributed by atoms with E-state index in [-0.39, 0.29) is 18.3 Å². The summed E-state index contributed by atoms with van der Waals surface area (Å²) in [6.45, 7) is 14.3. The topological polar surface area (TPSA) is 144 Å². The van der Waals surface area contributed by atoms with Crippen LogP contribution in [0.2, 0.25) is 0 Å². The molecule has 11 nitrogen and oxygen atoms in total. The molecule has 0 N–H and O–H groups in total. The van der Waals surface area contributed by atoms with Crippen LogP contribution in [0, 0.1) is 0 Å². The second-order valence-corrected chi connectivity index (χ2v) is 14.1. The van der Waals surface area contributed by atoms with E-state index in [1.807, 2.05) is 88.4 Å². The minimum absolute atomic E-state index is 0.164. The normalized spacial score (nSPS) is 11.2. The standard InChI is InChI=1S/C38H43N3O5S.O3S/c1-7-22-41(23-14-19-32(42)46-38(4,5)6)36(43)27-16-11-10-15-26(27)33-28-21-20-25(40(8-2)9-3)24-30(28)45-37(44)34(33)35-39-29-17-12-13-18-31(29)47-35;1-4(2)3/h10-13,15-18,20-21,24H,7-9,14,19,22-23H2,1-6H3;. The van der Waals surface area contributed by atoms with Crippen molar-refractivity contribution in [3.05, 3.63) is 82.7 Å². The molecule has 51 heavy (non-hydrogen) atoms. The Labute approximate surface area is 302 Å². The van der Waals surface area contributed by atoms with Gasteiger partial charge in [0.2, 0.25) is 0 Å². The number of fused-ring (bicyclic) bond motifs is 2. The lowest BCUT2D eigenvalue weighted by atomic mass is 9.92. The van der Waals surface area contributed by atoms with Gasteiger partial charge in [-0.05, 0) is 83.4 Å². The van der Waals surface area contributed by atoms with E-state index in [4.69, 9.17) is 26.8 Å². The second-order valence-electron chi connectivity index (χ2n) is 12.7. The number of amides is 1. The minimum Gasteiger partial charge on any atom is -0.460 e. The summed E-state index contributed by atoms with van der Waals surface area (Å²) in [5, 5.41) is 1.26. The van der Waals surface area contributed by atoms with E-state index in [9.17, 15) is 14.4 Å². The van der Waals surface area contributed by atoms with Crippen molar-refractivity contribution < 1.29 is 31.4 Å². The number of thiazole rings is 1. The van der Waals surface area contributed by atoms with Gasteiger partial charge in [-0.1, -0.05) is 37.3 Å². The van der Waals surface area contributed by atoms with Gasteiger partial charge >= 0.3 is 22.2 Å². The first kappa shape index (κ1) is 38.9. The third-order valence-corrected chi connectivity index (χ3v) is 9.02. The van der Waals surface area contributed by atoms with Crippen molar-refractivity contribution >= 4 is 60.7 Å². The van der Waals surface area contributed by atoms with Gasteiger partial charge in [-0.2, -0.15) is 0 Å². The number of para-hydroxylation sites is 1. The lowest BCUT2D eigenvalue weighted by Gasteiger charge is -2.25. The number of rotatable bonds is 12. The molecule has 0 atom stereocenters. The summed E-state index contributed by atoms with van der Waals surface area (Å²) in [6, 6.07) is 21.1. The summed E-state index contributed by atoms with van der Waals surface area (Å²) in [6.07, 6.45) is 1.45. The maximum absolute atomic E-state index is 14.4. The molecular weight excluding hydrogens is 691 g/mol. The Kier molecular flexibility index (Phi) is 13.2. The summed E-state index contributed by atoms with van der Waals surface area (Å²) < 4.78 is 37.8. The Hall–Kier alpha value is -4.88. The van der Waals surface area contributed by atoms with E-state index in [2.05, 4.69) is 18.7 Å². The lowest BCUT2D eigenvalue weighted by molar-refractivity contribution is -0.155. The van der Waals surface area contributed by atoms with Gasteiger partial charge in [0.05, 0.1) is 10.2 Å². The number of anilines is 1. The molecule has 0 radical (unpaired) electrons.